The number of hydrogen-bond donors (Lipinski definition) is 10. The molecule has 0 aliphatic carbocycles. The minimum Gasteiger partial charge on any atom is -0.466 e. The molecule has 6 atom stereocenters. The van der Waals surface area contributed by atoms with Gasteiger partial charge in [-0.2, -0.15) is 0 Å². The van der Waals surface area contributed by atoms with E-state index in [1.54, 1.807) is 0 Å². The molecule has 0 saturated heterocycles. The van der Waals surface area contributed by atoms with Gasteiger partial charge in [-0.05, 0) is 63.9 Å². The van der Waals surface area contributed by atoms with E-state index in [1.165, 1.54) is 17.1 Å². The van der Waals surface area contributed by atoms with Crippen molar-refractivity contribution in [3.63, 3.8) is 0 Å². The van der Waals surface area contributed by atoms with Crippen molar-refractivity contribution in [2.75, 3.05) is 79.0 Å². The number of aliphatic hydroxyl groups excluding tert-OH is 3. The molecule has 0 aromatic carbocycles. The van der Waals surface area contributed by atoms with E-state index >= 15 is 0 Å². The van der Waals surface area contributed by atoms with E-state index in [-0.39, 0.29) is 180 Å². The van der Waals surface area contributed by atoms with Crippen LogP contribution in [0.15, 0.2) is 59.2 Å². The second kappa shape index (κ2) is 64.5. The molecule has 40 nitrogen and oxygen atoms in total. The summed E-state index contributed by atoms with van der Waals surface area (Å²) in [5, 5.41) is 51.3. The molecule has 0 bridgehead atoms. The highest BCUT2D eigenvalue weighted by atomic mass is 16.6. The Kier molecular flexibility index (Phi) is 58.7. The fourth-order valence-corrected chi connectivity index (χ4v) is 10.5. The van der Waals surface area contributed by atoms with Crippen molar-refractivity contribution < 1.29 is 154 Å². The Bertz CT molecular complexity index is 3280. The van der Waals surface area contributed by atoms with E-state index in [9.17, 15) is 96.8 Å². The molecule has 0 aliphatic heterocycles. The van der Waals surface area contributed by atoms with Gasteiger partial charge in [0.2, 0.25) is 47.3 Å². The van der Waals surface area contributed by atoms with Crippen LogP contribution >= 0.6 is 0 Å². The van der Waals surface area contributed by atoms with E-state index in [2.05, 4.69) is 43.8 Å². The van der Waals surface area contributed by atoms with Gasteiger partial charge in [-0.25, -0.2) is 0 Å². The lowest BCUT2D eigenvalue weighted by Gasteiger charge is -2.25. The zero-order valence-corrected chi connectivity index (χ0v) is 69.6. The maximum atomic E-state index is 14.4. The quantitative estimate of drug-likeness (QED) is 0.00796. The Morgan fingerprint density at radius 1 is 0.390 bits per heavy atom. The van der Waals surface area contributed by atoms with Crippen LogP contribution < -0.4 is 37.2 Å². The summed E-state index contributed by atoms with van der Waals surface area (Å²) in [7, 11) is 0. The average Bonchev–Trinajstić information content (AvgIpc) is 0.833. The standard InChI is InChI=1S/C78H122N8O32/c1-13-42-110-70(102)31-20-18-16-14-15-17-19-24-37-81-75(103)62(85-68(100)30-23-27-43-111-76(104)63(82-50(2)87)49-61(114-56(8)93)34-46-107-53(5)90)32-33-69(101)86(40-38-79-66(98)28-21-25-44-112-77(105)71(83-51(3)88)73(117-59(11)96)64(115-57(9)94)35-47-108-54(6)91)41-39-80-67(99)29-22-26-45-113-78(106)72(84-52(4)89)74(118-60(12)97)65(116-58(10)95)36-48-109-55(7)92/h13,34,49,62,64-65,76-78,104-106H,1,14-33,35-48H2,2-12H3,(H,79,98)(H,80,99)(H,81,103)(H,82,87)(H,83,88)(H,84,89)(H,85,100)/b61-34-,63-49+,73-71+,74-72+/t62-,64?,65?,76?,77?,78?/m0/s1. The number of amides is 8. The maximum Gasteiger partial charge on any atom is 0.308 e. The minimum absolute atomic E-state index is 0.114. The van der Waals surface area contributed by atoms with Crippen molar-refractivity contribution in [1.82, 2.24) is 42.1 Å². The molecule has 5 unspecified atom stereocenters. The van der Waals surface area contributed by atoms with Gasteiger partial charge in [-0.15, -0.1) is 0 Å². The van der Waals surface area contributed by atoms with Crippen molar-refractivity contribution in [2.24, 2.45) is 0 Å². The van der Waals surface area contributed by atoms with Crippen molar-refractivity contribution in [2.45, 2.75) is 255 Å². The number of allylic oxidation sites excluding steroid dienone is 1. The van der Waals surface area contributed by atoms with Crippen LogP contribution in [0, 0.1) is 0 Å². The number of hydrogen-bond acceptors (Lipinski definition) is 32. The number of carbonyl (C=O) groups is 17. The largest absolute Gasteiger partial charge is 0.466 e. The van der Waals surface area contributed by atoms with E-state index in [0.29, 0.717) is 19.3 Å². The molecule has 0 spiro atoms. The fraction of sp³-hybridized carbons (Fsp3) is 0.654. The van der Waals surface area contributed by atoms with Crippen LogP contribution in [0.25, 0.3) is 0 Å². The van der Waals surface area contributed by atoms with Gasteiger partial charge in [-0.3, -0.25) is 81.5 Å². The lowest BCUT2D eigenvalue weighted by molar-refractivity contribution is -0.154. The van der Waals surface area contributed by atoms with Crippen molar-refractivity contribution in [3.8, 4) is 0 Å². The van der Waals surface area contributed by atoms with Gasteiger partial charge in [0.25, 0.3) is 0 Å². The number of rotatable bonds is 64. The molecule has 0 heterocycles. The third-order valence-corrected chi connectivity index (χ3v) is 15.7. The van der Waals surface area contributed by atoms with Crippen LogP contribution in [0.2, 0.25) is 0 Å². The highest BCUT2D eigenvalue weighted by molar-refractivity contribution is 5.88. The first-order valence-corrected chi connectivity index (χ1v) is 38.9. The molecule has 0 aromatic heterocycles. The van der Waals surface area contributed by atoms with Crippen molar-refractivity contribution in [1.29, 1.82) is 0 Å². The number of nitrogens with zero attached hydrogens (tertiary/aromatic N) is 1. The van der Waals surface area contributed by atoms with Crippen LogP contribution in [-0.2, 0) is 138 Å². The smallest absolute Gasteiger partial charge is 0.308 e. The highest BCUT2D eigenvalue weighted by Crippen LogP contribution is 2.24. The van der Waals surface area contributed by atoms with Gasteiger partial charge in [0.05, 0.1) is 38.7 Å². The minimum atomic E-state index is -2.00. The third-order valence-electron chi connectivity index (χ3n) is 15.7. The number of unbranched alkanes of at least 4 members (excludes halogenated alkanes) is 10. The summed E-state index contributed by atoms with van der Waals surface area (Å²) in [5.41, 5.74) is -1.26. The normalized spacial score (nSPS) is 13.2. The summed E-state index contributed by atoms with van der Waals surface area (Å²) in [5.74, 6) is -12.8. The summed E-state index contributed by atoms with van der Waals surface area (Å²) in [4.78, 5) is 213. The summed E-state index contributed by atoms with van der Waals surface area (Å²) >= 11 is 0. The van der Waals surface area contributed by atoms with E-state index in [4.69, 9.17) is 56.8 Å². The average molecular weight is 1680 g/mol. The van der Waals surface area contributed by atoms with Gasteiger partial charge in [0.1, 0.15) is 36.4 Å². The molecule has 0 aliphatic rings. The SMILES string of the molecule is C=CCOC(=O)CCCCCCCCCCNC(=O)[C@H](CCC(=O)N(CCNC(=O)CCCCOC(O)/C(NC(C)=O)=C(\OC(C)=O)C(CCOC(C)=O)OC(C)=O)CCNC(=O)CCCCOC(O)/C(NC(C)=O)=C(\OC(C)=O)C(CCOC(C)=O)OC(C)=O)NC(=O)CCCCOC(O)/C(=C\C(=C\COC(C)=O)OC(C)=O)NC(C)=O. The van der Waals surface area contributed by atoms with Crippen LogP contribution in [-0.4, -0.2) is 237 Å². The first-order chi connectivity index (χ1) is 55.8. The van der Waals surface area contributed by atoms with Crippen molar-refractivity contribution >= 4 is 101 Å². The zero-order chi connectivity index (χ0) is 88.9. The molecule has 8 amide bonds. The molecule has 10 N–H and O–H groups in total. The second-order valence-corrected chi connectivity index (χ2v) is 26.5. The van der Waals surface area contributed by atoms with Gasteiger partial charge >= 0.3 is 53.7 Å². The molecule has 666 valence electrons. The molecule has 0 saturated carbocycles. The molecule has 118 heavy (non-hydrogen) atoms. The van der Waals surface area contributed by atoms with Crippen LogP contribution in [0.4, 0.5) is 0 Å². The fourth-order valence-electron chi connectivity index (χ4n) is 10.5. The highest BCUT2D eigenvalue weighted by Gasteiger charge is 2.33. The number of aliphatic hydroxyl groups is 3. The molecule has 0 aromatic rings. The third kappa shape index (κ3) is 56.7. The monoisotopic (exact) mass is 1680 g/mol. The molecule has 40 heteroatoms. The van der Waals surface area contributed by atoms with Crippen LogP contribution in [0.3, 0.4) is 0 Å². The lowest BCUT2D eigenvalue weighted by atomic mass is 10.1. The second-order valence-electron chi connectivity index (χ2n) is 26.5. The Labute approximate surface area is 686 Å². The summed E-state index contributed by atoms with van der Waals surface area (Å²) in [6, 6.07) is -1.27. The predicted octanol–water partition coefficient (Wildman–Crippen LogP) is 2.81. The zero-order valence-electron chi connectivity index (χ0n) is 69.6. The number of ether oxygens (including phenoxy) is 12. The molecular formula is C78H122N8O32. The van der Waals surface area contributed by atoms with E-state index in [0.717, 1.165) is 121 Å². The first kappa shape index (κ1) is 107. The number of carbonyl (C=O) groups excluding carboxylic acids is 17. The molecular weight excluding hydrogens is 1560 g/mol. The number of esters is 9. The molecule has 0 fully saturated rings. The lowest BCUT2D eigenvalue weighted by Crippen LogP contribution is -2.48. The first-order valence-electron chi connectivity index (χ1n) is 38.9. The number of nitrogens with one attached hydrogen (secondary N) is 7. The summed E-state index contributed by atoms with van der Waals surface area (Å²) in [6.45, 7) is 13.5. The molecule has 0 radical (unpaired) electrons. The Morgan fingerprint density at radius 2 is 0.805 bits per heavy atom. The van der Waals surface area contributed by atoms with Crippen LogP contribution in [0.5, 0.6) is 0 Å². The van der Waals surface area contributed by atoms with Gasteiger partial charge < -0.3 is 114 Å². The summed E-state index contributed by atoms with van der Waals surface area (Å²) in [6.07, 6.45) is 1.08. The van der Waals surface area contributed by atoms with E-state index < -0.39 is 155 Å². The molecule has 0 rings (SSSR count). The predicted molar refractivity (Wildman–Crippen MR) is 414 cm³/mol. The maximum absolute atomic E-state index is 14.4. The Morgan fingerprint density at radius 3 is 1.22 bits per heavy atom. The Balaban J connectivity index is 6.87. The summed E-state index contributed by atoms with van der Waals surface area (Å²) < 4.78 is 62.7. The Hall–Kier alpha value is -10.6. The van der Waals surface area contributed by atoms with Crippen LogP contribution in [0.1, 0.15) is 217 Å². The van der Waals surface area contributed by atoms with Gasteiger partial charge in [0, 0.05) is 160 Å². The van der Waals surface area contributed by atoms with Gasteiger partial charge in [-0.1, -0.05) is 51.2 Å². The van der Waals surface area contributed by atoms with Gasteiger partial charge in [0.15, 0.2) is 42.6 Å². The van der Waals surface area contributed by atoms with Crippen molar-refractivity contribution in [3.05, 3.63) is 59.2 Å². The topological polar surface area (TPSA) is 549 Å². The van der Waals surface area contributed by atoms with E-state index in [1.807, 2.05) is 0 Å².